The Morgan fingerprint density at radius 2 is 2.00 bits per heavy atom. The highest BCUT2D eigenvalue weighted by molar-refractivity contribution is 6.01. The number of rotatable bonds is 10. The zero-order valence-corrected chi connectivity index (χ0v) is 18.0. The van der Waals surface area contributed by atoms with Crippen LogP contribution in [0.2, 0.25) is 0 Å². The van der Waals surface area contributed by atoms with E-state index in [1.807, 2.05) is 10.8 Å². The third-order valence-corrected chi connectivity index (χ3v) is 4.93. The molecule has 0 fully saturated rings. The van der Waals surface area contributed by atoms with Gasteiger partial charge in [0.05, 0.1) is 17.1 Å². The van der Waals surface area contributed by atoms with Crippen LogP contribution in [0.25, 0.3) is 11.1 Å². The van der Waals surface area contributed by atoms with E-state index >= 15 is 0 Å². The molecule has 0 aliphatic carbocycles. The number of halogens is 1. The number of aryl methyl sites for hydroxylation is 1. The van der Waals surface area contributed by atoms with Crippen molar-refractivity contribution in [2.24, 2.45) is 0 Å². The Kier molecular flexibility index (Phi) is 7.57. The number of pyridine rings is 1. The quantitative estimate of drug-likeness (QED) is 0.208. The number of anilines is 2. The summed E-state index contributed by atoms with van der Waals surface area (Å²) in [4.78, 5) is 26.9. The number of aromatic nitrogens is 2. The van der Waals surface area contributed by atoms with Crippen LogP contribution in [0.15, 0.2) is 48.8 Å². The monoisotopic (exact) mass is 456 g/mol. The van der Waals surface area contributed by atoms with Gasteiger partial charge in [-0.25, -0.2) is 9.37 Å². The van der Waals surface area contributed by atoms with Crippen LogP contribution in [0, 0.1) is 15.9 Å². The van der Waals surface area contributed by atoms with Crippen LogP contribution in [0.5, 0.6) is 0 Å². The lowest BCUT2D eigenvalue weighted by atomic mass is 10.0. The Hall–Kier alpha value is -3.99. The first-order valence-electron chi connectivity index (χ1n) is 10.3. The number of carbonyl (C=O) groups excluding carboxylic acids is 1. The maximum atomic E-state index is 13.4. The summed E-state index contributed by atoms with van der Waals surface area (Å²) in [7, 11) is 0. The minimum Gasteiger partial charge on any atom is -0.394 e. The number of benzene rings is 1. The van der Waals surface area contributed by atoms with E-state index in [0.717, 1.165) is 0 Å². The number of carbonyl (C=O) groups is 1. The Bertz CT molecular complexity index is 1130. The highest BCUT2D eigenvalue weighted by Gasteiger charge is 2.18. The summed E-state index contributed by atoms with van der Waals surface area (Å²) in [6, 6.07) is 8.24. The predicted molar refractivity (Wildman–Crippen MR) is 122 cm³/mol. The van der Waals surface area contributed by atoms with Gasteiger partial charge in [-0.05, 0) is 37.1 Å². The van der Waals surface area contributed by atoms with Gasteiger partial charge in [-0.2, -0.15) is 0 Å². The van der Waals surface area contributed by atoms with Crippen molar-refractivity contribution in [3.05, 3.63) is 70.3 Å². The first-order valence-corrected chi connectivity index (χ1v) is 10.3. The van der Waals surface area contributed by atoms with Gasteiger partial charge in [0.2, 0.25) is 5.82 Å². The summed E-state index contributed by atoms with van der Waals surface area (Å²) >= 11 is 0. The Labute approximate surface area is 189 Å². The van der Waals surface area contributed by atoms with E-state index in [1.54, 1.807) is 25.3 Å². The lowest BCUT2D eigenvalue weighted by molar-refractivity contribution is -0.384. The molecule has 33 heavy (non-hydrogen) atoms. The summed E-state index contributed by atoms with van der Waals surface area (Å²) in [5.41, 5.74) is 7.11. The van der Waals surface area contributed by atoms with Crippen LogP contribution in [0.3, 0.4) is 0 Å². The normalized spacial score (nSPS) is 11.7. The molecule has 1 amide bonds. The van der Waals surface area contributed by atoms with Crippen molar-refractivity contribution in [1.82, 2.24) is 14.9 Å². The van der Waals surface area contributed by atoms with Gasteiger partial charge in [-0.1, -0.05) is 12.1 Å². The summed E-state index contributed by atoms with van der Waals surface area (Å²) < 4.78 is 15.2. The van der Waals surface area contributed by atoms with Crippen LogP contribution < -0.4 is 16.4 Å². The maximum Gasteiger partial charge on any atom is 0.311 e. The van der Waals surface area contributed by atoms with Crippen LogP contribution in [-0.4, -0.2) is 44.7 Å². The molecule has 0 radical (unpaired) electrons. The van der Waals surface area contributed by atoms with Crippen LogP contribution in [0.1, 0.15) is 23.7 Å². The number of hydrogen-bond donors (Lipinski definition) is 4. The lowest BCUT2D eigenvalue weighted by Gasteiger charge is -2.11. The van der Waals surface area contributed by atoms with Crippen molar-refractivity contribution in [1.29, 1.82) is 0 Å². The number of nitrogens with two attached hydrogens (primary N) is 1. The van der Waals surface area contributed by atoms with Crippen molar-refractivity contribution >= 4 is 23.2 Å². The number of aliphatic hydroxyl groups excluding tert-OH is 1. The fraction of sp³-hybridized carbons (Fsp3) is 0.273. The molecule has 0 spiro atoms. The molecular weight excluding hydrogens is 431 g/mol. The molecule has 1 atom stereocenters. The van der Waals surface area contributed by atoms with Gasteiger partial charge in [-0.15, -0.1) is 0 Å². The van der Waals surface area contributed by atoms with Crippen LogP contribution >= 0.6 is 0 Å². The molecular formula is C22H25FN6O4. The molecule has 0 saturated carbocycles. The van der Waals surface area contributed by atoms with E-state index in [0.29, 0.717) is 42.0 Å². The van der Waals surface area contributed by atoms with Crippen molar-refractivity contribution in [2.45, 2.75) is 25.9 Å². The Balaban J connectivity index is 1.69. The number of aliphatic hydroxyl groups is 1. The number of nitrogen functional groups attached to an aromatic ring is 1. The third-order valence-electron chi connectivity index (χ3n) is 4.93. The molecule has 11 heteroatoms. The first kappa shape index (κ1) is 23.7. The molecule has 174 valence electrons. The van der Waals surface area contributed by atoms with Gasteiger partial charge in [0.25, 0.3) is 5.91 Å². The van der Waals surface area contributed by atoms with E-state index in [-0.39, 0.29) is 29.8 Å². The van der Waals surface area contributed by atoms with Gasteiger partial charge in [0.1, 0.15) is 11.6 Å². The molecule has 0 bridgehead atoms. The van der Waals surface area contributed by atoms with Crippen LogP contribution in [-0.2, 0) is 6.54 Å². The summed E-state index contributed by atoms with van der Waals surface area (Å²) in [5.74, 6) is -0.439. The van der Waals surface area contributed by atoms with Gasteiger partial charge in [0, 0.05) is 43.2 Å². The molecule has 3 rings (SSSR count). The van der Waals surface area contributed by atoms with E-state index in [2.05, 4.69) is 15.6 Å². The minimum absolute atomic E-state index is 0.160. The number of amides is 1. The van der Waals surface area contributed by atoms with Crippen molar-refractivity contribution < 1.29 is 19.2 Å². The van der Waals surface area contributed by atoms with Gasteiger partial charge in [0.15, 0.2) is 0 Å². The number of nitro groups is 1. The first-order chi connectivity index (χ1) is 15.8. The van der Waals surface area contributed by atoms with E-state index < -0.39 is 11.0 Å². The van der Waals surface area contributed by atoms with Gasteiger partial charge < -0.3 is 26.0 Å². The van der Waals surface area contributed by atoms with Crippen molar-refractivity contribution in [2.75, 3.05) is 24.2 Å². The van der Waals surface area contributed by atoms with E-state index in [1.165, 1.54) is 24.3 Å². The molecule has 2 aromatic heterocycles. The number of hydrogen-bond acceptors (Lipinski definition) is 7. The highest BCUT2D eigenvalue weighted by atomic mass is 19.1. The molecule has 0 aliphatic rings. The van der Waals surface area contributed by atoms with Gasteiger partial charge >= 0.3 is 5.69 Å². The second kappa shape index (κ2) is 10.6. The smallest absolute Gasteiger partial charge is 0.311 e. The number of nitrogens with zero attached hydrogens (tertiary/aromatic N) is 3. The fourth-order valence-electron chi connectivity index (χ4n) is 3.22. The summed E-state index contributed by atoms with van der Waals surface area (Å²) in [6.45, 7) is 2.58. The largest absolute Gasteiger partial charge is 0.394 e. The zero-order chi connectivity index (χ0) is 24.0. The highest BCUT2D eigenvalue weighted by Crippen LogP contribution is 2.26. The summed E-state index contributed by atoms with van der Waals surface area (Å²) in [5, 5.41) is 25.9. The minimum atomic E-state index is -0.591. The van der Waals surface area contributed by atoms with E-state index in [4.69, 9.17) is 5.73 Å². The second-order valence-electron chi connectivity index (χ2n) is 7.53. The standard InChI is InChI=1S/C22H25FN6O4/c1-14(13-30)26-22(31)18-12-28(11-17(18)15-3-5-16(23)6-4-15)10-2-9-25-20-8-7-19(29(32)33)21(24)27-20/h3-8,11-12,14,30H,2,9-10,13H2,1H3,(H,26,31)(H3,24,25,27)/t14-/m1/s1. The Morgan fingerprint density at radius 3 is 2.64 bits per heavy atom. The fourth-order valence-corrected chi connectivity index (χ4v) is 3.22. The predicted octanol–water partition coefficient (Wildman–Crippen LogP) is 2.79. The average molecular weight is 456 g/mol. The molecule has 2 heterocycles. The molecule has 0 saturated heterocycles. The molecule has 0 unspecified atom stereocenters. The van der Waals surface area contributed by atoms with Crippen molar-refractivity contribution in [3.63, 3.8) is 0 Å². The molecule has 0 aliphatic heterocycles. The Morgan fingerprint density at radius 1 is 1.27 bits per heavy atom. The zero-order valence-electron chi connectivity index (χ0n) is 18.0. The van der Waals surface area contributed by atoms with Crippen LogP contribution in [0.4, 0.5) is 21.7 Å². The van der Waals surface area contributed by atoms with E-state index in [9.17, 15) is 24.4 Å². The topological polar surface area (TPSA) is 148 Å². The molecule has 3 aromatic rings. The average Bonchev–Trinajstić information content (AvgIpc) is 3.21. The molecule has 10 nitrogen and oxygen atoms in total. The van der Waals surface area contributed by atoms with Crippen molar-refractivity contribution in [3.8, 4) is 11.1 Å². The molecule has 1 aromatic carbocycles. The lowest BCUT2D eigenvalue weighted by Crippen LogP contribution is -2.35. The maximum absolute atomic E-state index is 13.4. The SMILES string of the molecule is C[C@H](CO)NC(=O)c1cn(CCCNc2ccc([N+](=O)[O-])c(N)n2)cc1-c1ccc(F)cc1. The third kappa shape index (κ3) is 6.04. The second-order valence-corrected chi connectivity index (χ2v) is 7.53. The molecule has 5 N–H and O–H groups in total. The summed E-state index contributed by atoms with van der Waals surface area (Å²) in [6.07, 6.45) is 4.18. The number of nitrogens with one attached hydrogen (secondary N) is 2. The van der Waals surface area contributed by atoms with Gasteiger partial charge in [-0.3, -0.25) is 14.9 Å².